The van der Waals surface area contributed by atoms with Gasteiger partial charge in [0, 0.05) is 30.9 Å². The predicted molar refractivity (Wildman–Crippen MR) is 121 cm³/mol. The van der Waals surface area contributed by atoms with Crippen molar-refractivity contribution < 1.29 is 9.47 Å². The molecule has 2 aromatic rings. The Morgan fingerprint density at radius 3 is 2.74 bits per heavy atom. The minimum atomic E-state index is 0. The largest absolute Gasteiger partial charge is 0.454 e. The maximum absolute atomic E-state index is 5.43. The van der Waals surface area contributed by atoms with E-state index in [0.717, 1.165) is 60.6 Å². The van der Waals surface area contributed by atoms with Gasteiger partial charge in [0.1, 0.15) is 0 Å². The topological polar surface area (TPSA) is 67.8 Å². The second kappa shape index (κ2) is 10.7. The highest BCUT2D eigenvalue weighted by atomic mass is 127. The lowest BCUT2D eigenvalue weighted by atomic mass is 10.1. The Morgan fingerprint density at radius 2 is 2.00 bits per heavy atom. The van der Waals surface area contributed by atoms with Gasteiger partial charge in [-0.2, -0.15) is 0 Å². The summed E-state index contributed by atoms with van der Waals surface area (Å²) in [6.45, 7) is 8.93. The van der Waals surface area contributed by atoms with Crippen LogP contribution in [0.2, 0.25) is 0 Å². The van der Waals surface area contributed by atoms with Crippen molar-refractivity contribution in [1.29, 1.82) is 0 Å². The number of nitrogens with one attached hydrogen (secondary N) is 2. The second-order valence-electron chi connectivity index (χ2n) is 6.12. The van der Waals surface area contributed by atoms with Crippen molar-refractivity contribution in [2.24, 2.45) is 4.99 Å². The van der Waals surface area contributed by atoms with Gasteiger partial charge in [-0.3, -0.25) is 4.99 Å². The molecule has 0 unspecified atom stereocenters. The van der Waals surface area contributed by atoms with E-state index in [-0.39, 0.29) is 24.0 Å². The van der Waals surface area contributed by atoms with Gasteiger partial charge in [-0.05, 0) is 44.9 Å². The van der Waals surface area contributed by atoms with Gasteiger partial charge in [-0.1, -0.05) is 6.07 Å². The third kappa shape index (κ3) is 6.24. The summed E-state index contributed by atoms with van der Waals surface area (Å²) < 4.78 is 10.8. The summed E-state index contributed by atoms with van der Waals surface area (Å²) in [5, 5.41) is 7.83. The fraction of sp³-hybridized carbons (Fsp3) is 0.474. The minimum Gasteiger partial charge on any atom is -0.454 e. The van der Waals surface area contributed by atoms with Crippen LogP contribution < -0.4 is 20.1 Å². The van der Waals surface area contributed by atoms with Crippen molar-refractivity contribution in [3.8, 4) is 11.5 Å². The summed E-state index contributed by atoms with van der Waals surface area (Å²) in [5.74, 6) is 2.50. The molecule has 148 valence electrons. The maximum Gasteiger partial charge on any atom is 0.231 e. The molecule has 0 bridgehead atoms. The normalized spacial score (nSPS) is 12.6. The van der Waals surface area contributed by atoms with Crippen molar-refractivity contribution in [2.75, 3.05) is 26.4 Å². The van der Waals surface area contributed by atoms with Crippen LogP contribution in [-0.4, -0.2) is 37.4 Å². The summed E-state index contributed by atoms with van der Waals surface area (Å²) in [6.07, 6.45) is 1.77. The number of fused-ring (bicyclic) bond motifs is 1. The molecule has 0 fully saturated rings. The van der Waals surface area contributed by atoms with Crippen molar-refractivity contribution >= 4 is 41.3 Å². The van der Waals surface area contributed by atoms with Gasteiger partial charge in [-0.15, -0.1) is 35.3 Å². The van der Waals surface area contributed by atoms with Crippen LogP contribution in [0.3, 0.4) is 0 Å². The first-order chi connectivity index (χ1) is 12.7. The quantitative estimate of drug-likeness (QED) is 0.345. The third-order valence-corrected chi connectivity index (χ3v) is 5.29. The van der Waals surface area contributed by atoms with E-state index in [1.165, 1.54) is 10.4 Å². The van der Waals surface area contributed by atoms with Crippen molar-refractivity contribution in [2.45, 2.75) is 33.6 Å². The van der Waals surface area contributed by atoms with Crippen LogP contribution in [0.1, 0.15) is 28.1 Å². The molecule has 1 aromatic heterocycles. The van der Waals surface area contributed by atoms with Crippen LogP contribution in [-0.2, 0) is 12.8 Å². The molecule has 2 heterocycles. The van der Waals surface area contributed by atoms with Gasteiger partial charge >= 0.3 is 0 Å². The Morgan fingerprint density at radius 1 is 1.19 bits per heavy atom. The number of thiazole rings is 1. The fourth-order valence-corrected chi connectivity index (χ4v) is 3.60. The molecule has 0 spiro atoms. The molecule has 2 N–H and O–H groups in total. The van der Waals surface area contributed by atoms with Crippen molar-refractivity contribution in [3.63, 3.8) is 0 Å². The number of halogens is 1. The fourth-order valence-electron chi connectivity index (χ4n) is 2.67. The van der Waals surface area contributed by atoms with E-state index in [9.17, 15) is 0 Å². The number of guanidine groups is 1. The van der Waals surface area contributed by atoms with Crippen LogP contribution in [0.15, 0.2) is 23.2 Å². The smallest absolute Gasteiger partial charge is 0.231 e. The van der Waals surface area contributed by atoms with Crippen LogP contribution >= 0.6 is 35.3 Å². The van der Waals surface area contributed by atoms with Crippen LogP contribution in [0, 0.1) is 13.8 Å². The zero-order chi connectivity index (χ0) is 18.4. The molecule has 1 aliphatic heterocycles. The zero-order valence-corrected chi connectivity index (χ0v) is 19.1. The summed E-state index contributed by atoms with van der Waals surface area (Å²) >= 11 is 1.76. The average molecular weight is 502 g/mol. The molecule has 27 heavy (non-hydrogen) atoms. The number of aliphatic imine (C=N–C) groups is 1. The van der Waals surface area contributed by atoms with E-state index in [2.05, 4.69) is 47.4 Å². The Balaban J connectivity index is 0.00000261. The van der Waals surface area contributed by atoms with Crippen LogP contribution in [0.4, 0.5) is 0 Å². The summed E-state index contributed by atoms with van der Waals surface area (Å²) in [5.41, 5.74) is 2.34. The number of nitrogens with zero attached hydrogens (tertiary/aromatic N) is 2. The summed E-state index contributed by atoms with van der Waals surface area (Å²) in [4.78, 5) is 10.5. The standard InChI is InChI=1S/C19H26N4O2S.HI/c1-4-20-19(22-10-8-18-23-13(2)14(3)26-18)21-9-7-15-5-6-16-17(11-15)25-12-24-16;/h5-6,11H,4,7-10,12H2,1-3H3,(H2,20,21,22);1H. The molecule has 0 amide bonds. The molecular formula is C19H27IN4O2S. The first kappa shape index (κ1) is 21.7. The van der Waals surface area contributed by atoms with E-state index in [1.807, 2.05) is 12.1 Å². The second-order valence-corrected chi connectivity index (χ2v) is 7.41. The summed E-state index contributed by atoms with van der Waals surface area (Å²) in [6, 6.07) is 6.09. The molecule has 0 saturated carbocycles. The lowest BCUT2D eigenvalue weighted by Crippen LogP contribution is -2.38. The van der Waals surface area contributed by atoms with Crippen LogP contribution in [0.25, 0.3) is 0 Å². The monoisotopic (exact) mass is 502 g/mol. The van der Waals surface area contributed by atoms with E-state index >= 15 is 0 Å². The number of rotatable bonds is 7. The van der Waals surface area contributed by atoms with E-state index in [1.54, 1.807) is 11.3 Å². The van der Waals surface area contributed by atoms with Crippen molar-refractivity contribution in [3.05, 3.63) is 39.3 Å². The Bertz CT molecular complexity index is 760. The van der Waals surface area contributed by atoms with E-state index in [4.69, 9.17) is 9.47 Å². The Kier molecular flexibility index (Phi) is 8.62. The number of hydrogen-bond donors (Lipinski definition) is 2. The molecule has 0 radical (unpaired) electrons. The number of aromatic nitrogens is 1. The van der Waals surface area contributed by atoms with Gasteiger partial charge < -0.3 is 20.1 Å². The minimum absolute atomic E-state index is 0. The van der Waals surface area contributed by atoms with E-state index in [0.29, 0.717) is 6.79 Å². The molecule has 8 heteroatoms. The first-order valence-corrected chi connectivity index (χ1v) is 9.81. The SMILES string of the molecule is CCNC(=NCCc1nc(C)c(C)s1)NCCc1ccc2c(c1)OCO2.I. The molecule has 3 rings (SSSR count). The van der Waals surface area contributed by atoms with Gasteiger partial charge in [0.15, 0.2) is 17.5 Å². The number of ether oxygens (including phenoxy) is 2. The number of hydrogen-bond acceptors (Lipinski definition) is 5. The maximum atomic E-state index is 5.43. The zero-order valence-electron chi connectivity index (χ0n) is 16.0. The highest BCUT2D eigenvalue weighted by Gasteiger charge is 2.13. The molecule has 1 aromatic carbocycles. The van der Waals surface area contributed by atoms with Crippen LogP contribution in [0.5, 0.6) is 11.5 Å². The van der Waals surface area contributed by atoms with Gasteiger partial charge in [0.05, 0.1) is 10.7 Å². The highest BCUT2D eigenvalue weighted by Crippen LogP contribution is 2.32. The molecule has 1 aliphatic rings. The van der Waals surface area contributed by atoms with E-state index < -0.39 is 0 Å². The van der Waals surface area contributed by atoms with Gasteiger partial charge in [-0.25, -0.2) is 4.98 Å². The predicted octanol–water partition coefficient (Wildman–Crippen LogP) is 3.45. The van der Waals surface area contributed by atoms with Gasteiger partial charge in [0.2, 0.25) is 6.79 Å². The number of aryl methyl sites for hydroxylation is 2. The summed E-state index contributed by atoms with van der Waals surface area (Å²) in [7, 11) is 0. The third-order valence-electron chi connectivity index (χ3n) is 4.16. The molecule has 0 aliphatic carbocycles. The lowest BCUT2D eigenvalue weighted by molar-refractivity contribution is 0.174. The van der Waals surface area contributed by atoms with Gasteiger partial charge in [0.25, 0.3) is 0 Å². The Hall–Kier alpha value is -1.55. The lowest BCUT2D eigenvalue weighted by Gasteiger charge is -2.11. The first-order valence-electron chi connectivity index (χ1n) is 8.99. The molecule has 0 saturated heterocycles. The molecule has 6 nitrogen and oxygen atoms in total. The highest BCUT2D eigenvalue weighted by molar-refractivity contribution is 14.0. The van der Waals surface area contributed by atoms with Crippen molar-refractivity contribution in [1.82, 2.24) is 15.6 Å². The number of benzene rings is 1. The molecule has 0 atom stereocenters. The Labute approximate surface area is 181 Å². The molecular weight excluding hydrogens is 475 g/mol. The average Bonchev–Trinajstić information content (AvgIpc) is 3.21.